The Kier molecular flexibility index (Phi) is 5.07. The molecule has 6 nitrogen and oxygen atoms in total. The van der Waals surface area contributed by atoms with E-state index >= 15 is 0 Å². The number of carbonyl (C=O) groups is 2. The third kappa shape index (κ3) is 3.76. The van der Waals surface area contributed by atoms with Gasteiger partial charge in [-0.15, -0.1) is 0 Å². The number of hydrogen-bond donors (Lipinski definition) is 1. The van der Waals surface area contributed by atoms with Crippen LogP contribution in [0.15, 0.2) is 18.2 Å². The second kappa shape index (κ2) is 7.13. The van der Waals surface area contributed by atoms with Gasteiger partial charge in [0.15, 0.2) is 11.6 Å². The quantitative estimate of drug-likeness (QED) is 0.890. The zero-order valence-corrected chi connectivity index (χ0v) is 15.5. The number of carbonyl (C=O) groups excluding carboxylic acids is 2. The van der Waals surface area contributed by atoms with Gasteiger partial charge in [-0.1, -0.05) is 6.07 Å². The van der Waals surface area contributed by atoms with Gasteiger partial charge in [0.25, 0.3) is 0 Å². The molecule has 3 rings (SSSR count). The number of halogens is 1. The Labute approximate surface area is 153 Å². The van der Waals surface area contributed by atoms with Crippen molar-refractivity contribution in [1.82, 2.24) is 15.1 Å². The highest BCUT2D eigenvalue weighted by atomic mass is 19.1. The smallest absolute Gasteiger partial charge is 0.317 e. The second-order valence-electron chi connectivity index (χ2n) is 7.66. The molecule has 142 valence electrons. The molecule has 1 aromatic carbocycles. The Morgan fingerprint density at radius 1 is 1.38 bits per heavy atom. The van der Waals surface area contributed by atoms with E-state index in [1.165, 1.54) is 18.1 Å². The topological polar surface area (TPSA) is 61.9 Å². The molecule has 0 unspecified atom stereocenters. The average molecular weight is 363 g/mol. The van der Waals surface area contributed by atoms with E-state index in [1.54, 1.807) is 26.2 Å². The Morgan fingerprint density at radius 3 is 2.73 bits per heavy atom. The Bertz CT molecular complexity index is 701. The van der Waals surface area contributed by atoms with Crippen LogP contribution in [-0.4, -0.2) is 62.1 Å². The van der Waals surface area contributed by atoms with Crippen molar-refractivity contribution in [2.45, 2.75) is 31.7 Å². The van der Waals surface area contributed by atoms with E-state index < -0.39 is 5.82 Å². The van der Waals surface area contributed by atoms with Crippen LogP contribution in [0.2, 0.25) is 0 Å². The minimum atomic E-state index is -0.450. The van der Waals surface area contributed by atoms with Crippen molar-refractivity contribution >= 4 is 11.9 Å². The summed E-state index contributed by atoms with van der Waals surface area (Å²) in [7, 11) is 4.86. The van der Waals surface area contributed by atoms with Crippen molar-refractivity contribution in [3.8, 4) is 5.75 Å². The van der Waals surface area contributed by atoms with E-state index in [0.29, 0.717) is 5.56 Å². The van der Waals surface area contributed by atoms with Crippen LogP contribution in [0, 0.1) is 11.2 Å². The average Bonchev–Trinajstić information content (AvgIpc) is 3.00. The highest BCUT2D eigenvalue weighted by Crippen LogP contribution is 2.48. The van der Waals surface area contributed by atoms with Crippen molar-refractivity contribution in [1.29, 1.82) is 0 Å². The fraction of sp³-hybridized carbons (Fsp3) is 0.579. The number of ether oxygens (including phenoxy) is 1. The first-order valence-electron chi connectivity index (χ1n) is 8.90. The van der Waals surface area contributed by atoms with Crippen LogP contribution in [0.25, 0.3) is 0 Å². The van der Waals surface area contributed by atoms with Crippen LogP contribution in [0.4, 0.5) is 9.18 Å². The van der Waals surface area contributed by atoms with Gasteiger partial charge < -0.3 is 19.9 Å². The van der Waals surface area contributed by atoms with Gasteiger partial charge >= 0.3 is 6.03 Å². The lowest BCUT2D eigenvalue weighted by Crippen LogP contribution is -2.54. The van der Waals surface area contributed by atoms with Crippen LogP contribution in [0.5, 0.6) is 5.75 Å². The number of rotatable bonds is 4. The lowest BCUT2D eigenvalue weighted by Gasteiger charge is -2.45. The second-order valence-corrected chi connectivity index (χ2v) is 7.66. The number of likely N-dealkylation sites (tertiary alicyclic amines) is 1. The predicted octanol–water partition coefficient (Wildman–Crippen LogP) is 2.03. The van der Waals surface area contributed by atoms with Crippen LogP contribution in [-0.2, 0) is 11.2 Å². The van der Waals surface area contributed by atoms with Gasteiger partial charge in [0.1, 0.15) is 0 Å². The fourth-order valence-electron chi connectivity index (χ4n) is 3.98. The Hall–Kier alpha value is -2.31. The molecule has 0 radical (unpaired) electrons. The number of nitrogens with one attached hydrogen (secondary N) is 1. The molecule has 0 atom stereocenters. The molecule has 26 heavy (non-hydrogen) atoms. The van der Waals surface area contributed by atoms with Crippen molar-refractivity contribution in [2.75, 3.05) is 34.3 Å². The van der Waals surface area contributed by atoms with E-state index in [4.69, 9.17) is 4.74 Å². The predicted molar refractivity (Wildman–Crippen MR) is 95.5 cm³/mol. The molecule has 1 aliphatic heterocycles. The van der Waals surface area contributed by atoms with Crippen LogP contribution >= 0.6 is 0 Å². The summed E-state index contributed by atoms with van der Waals surface area (Å²) in [6, 6.07) is 4.75. The summed E-state index contributed by atoms with van der Waals surface area (Å²) in [4.78, 5) is 27.7. The van der Waals surface area contributed by atoms with Gasteiger partial charge in [0.05, 0.1) is 13.5 Å². The summed E-state index contributed by atoms with van der Waals surface area (Å²) in [5.74, 6) is -0.247. The highest BCUT2D eigenvalue weighted by Gasteiger charge is 2.49. The molecule has 0 aromatic heterocycles. The molecule has 1 saturated heterocycles. The van der Waals surface area contributed by atoms with Crippen molar-refractivity contribution in [3.05, 3.63) is 29.6 Å². The van der Waals surface area contributed by atoms with E-state index in [-0.39, 0.29) is 35.6 Å². The summed E-state index contributed by atoms with van der Waals surface area (Å²) < 4.78 is 18.7. The van der Waals surface area contributed by atoms with Crippen LogP contribution in [0.1, 0.15) is 24.8 Å². The summed E-state index contributed by atoms with van der Waals surface area (Å²) in [5, 5.41) is 3.00. The molecule has 2 fully saturated rings. The molecular weight excluding hydrogens is 337 g/mol. The van der Waals surface area contributed by atoms with Gasteiger partial charge in [-0.25, -0.2) is 9.18 Å². The molecule has 1 spiro atoms. The zero-order chi connectivity index (χ0) is 18.9. The normalized spacial score (nSPS) is 24.3. The number of benzene rings is 1. The van der Waals surface area contributed by atoms with E-state index in [0.717, 1.165) is 32.4 Å². The first-order chi connectivity index (χ1) is 12.3. The lowest BCUT2D eigenvalue weighted by atomic mass is 9.65. The maximum absolute atomic E-state index is 13.8. The Balaban J connectivity index is 1.51. The largest absolute Gasteiger partial charge is 0.494 e. The maximum atomic E-state index is 13.8. The SMILES string of the molecule is COc1ccc(CC(=O)N2CCC3(CC(NC(=O)N(C)C)C3)C2)cc1F. The van der Waals surface area contributed by atoms with Crippen LogP contribution in [0.3, 0.4) is 0 Å². The zero-order valence-electron chi connectivity index (χ0n) is 15.5. The first-order valence-corrected chi connectivity index (χ1v) is 8.90. The number of hydrogen-bond acceptors (Lipinski definition) is 3. The number of amides is 3. The van der Waals surface area contributed by atoms with Gasteiger partial charge in [-0.2, -0.15) is 0 Å². The van der Waals surface area contributed by atoms with Gasteiger partial charge in [-0.3, -0.25) is 4.79 Å². The van der Waals surface area contributed by atoms with Crippen molar-refractivity contribution < 1.29 is 18.7 Å². The minimum absolute atomic E-state index is 0.0206. The molecule has 7 heteroatoms. The van der Waals surface area contributed by atoms with E-state index in [9.17, 15) is 14.0 Å². The summed E-state index contributed by atoms with van der Waals surface area (Å²) in [6.45, 7) is 1.45. The van der Waals surface area contributed by atoms with E-state index in [2.05, 4.69) is 5.32 Å². The van der Waals surface area contributed by atoms with Crippen LogP contribution < -0.4 is 10.1 Å². The molecule has 1 saturated carbocycles. The van der Waals surface area contributed by atoms with Crippen molar-refractivity contribution in [2.24, 2.45) is 5.41 Å². The molecule has 2 aliphatic rings. The molecular formula is C19H26FN3O3. The maximum Gasteiger partial charge on any atom is 0.317 e. The molecule has 1 heterocycles. The van der Waals surface area contributed by atoms with Gasteiger partial charge in [-0.05, 0) is 42.4 Å². The fourth-order valence-corrected chi connectivity index (χ4v) is 3.98. The first kappa shape index (κ1) is 18.5. The molecule has 1 aliphatic carbocycles. The molecule has 1 N–H and O–H groups in total. The molecule has 0 bridgehead atoms. The summed E-state index contributed by atoms with van der Waals surface area (Å²) in [5.41, 5.74) is 0.782. The monoisotopic (exact) mass is 363 g/mol. The Morgan fingerprint density at radius 2 is 2.12 bits per heavy atom. The highest BCUT2D eigenvalue weighted by molar-refractivity contribution is 5.79. The van der Waals surface area contributed by atoms with Crippen molar-refractivity contribution in [3.63, 3.8) is 0 Å². The summed E-state index contributed by atoms with van der Waals surface area (Å²) >= 11 is 0. The van der Waals surface area contributed by atoms with Gasteiger partial charge in [0, 0.05) is 33.2 Å². The number of nitrogens with zero attached hydrogens (tertiary/aromatic N) is 2. The van der Waals surface area contributed by atoms with E-state index in [1.807, 2.05) is 4.90 Å². The standard InChI is InChI=1S/C19H26FN3O3/c1-22(2)18(25)21-14-10-19(11-14)6-7-23(12-19)17(24)9-13-4-5-16(26-3)15(20)8-13/h4-5,8,14H,6-7,9-12H2,1-3H3,(H,21,25). The third-order valence-electron chi connectivity index (χ3n) is 5.46. The minimum Gasteiger partial charge on any atom is -0.494 e. The number of urea groups is 1. The lowest BCUT2D eigenvalue weighted by molar-refractivity contribution is -0.130. The summed E-state index contributed by atoms with van der Waals surface area (Å²) in [6.07, 6.45) is 2.98. The molecule has 1 aromatic rings. The van der Waals surface area contributed by atoms with Gasteiger partial charge in [0.2, 0.25) is 5.91 Å². The number of methoxy groups -OCH3 is 1. The molecule has 3 amide bonds. The third-order valence-corrected chi connectivity index (χ3v) is 5.46.